The van der Waals surface area contributed by atoms with Gasteiger partial charge in [-0.25, -0.2) is 0 Å². The maximum absolute atomic E-state index is 12.5. The molecule has 2 rings (SSSR count). The Morgan fingerprint density at radius 1 is 1.19 bits per heavy atom. The topological polar surface area (TPSA) is 38.3 Å². The normalized spacial score (nSPS) is 13.7. The Balaban J connectivity index is 2.24. The first-order valence-corrected chi connectivity index (χ1v) is 8.23. The van der Waals surface area contributed by atoms with E-state index in [-0.39, 0.29) is 6.04 Å². The summed E-state index contributed by atoms with van der Waals surface area (Å²) in [7, 11) is 2.50. The summed E-state index contributed by atoms with van der Waals surface area (Å²) >= 11 is 0. The van der Waals surface area contributed by atoms with Crippen LogP contribution in [-0.4, -0.2) is 24.1 Å². The fourth-order valence-electron chi connectivity index (χ4n) is 2.27. The Morgan fingerprint density at radius 3 is 2.52 bits per heavy atom. The van der Waals surface area contributed by atoms with Gasteiger partial charge in [0.2, 0.25) is 0 Å². The second-order valence-corrected chi connectivity index (χ2v) is 6.41. The van der Waals surface area contributed by atoms with Crippen LogP contribution in [0.25, 0.3) is 0 Å². The Kier molecular flexibility index (Phi) is 5.53. The molecule has 0 bridgehead atoms. The quantitative estimate of drug-likeness (QED) is 0.891. The second-order valence-electron chi connectivity index (χ2n) is 4.91. The number of ether oxygens (including phenoxy) is 1. The fourth-order valence-corrected chi connectivity index (χ4v) is 3.58. The SMILES string of the molecule is CNC(CS(=O)c1ccccc1)c1cc(C)ccc1OC. The highest BCUT2D eigenvalue weighted by Crippen LogP contribution is 2.27. The number of rotatable bonds is 6. The Morgan fingerprint density at radius 2 is 1.90 bits per heavy atom. The number of hydrogen-bond acceptors (Lipinski definition) is 3. The van der Waals surface area contributed by atoms with E-state index in [0.29, 0.717) is 5.75 Å². The lowest BCUT2D eigenvalue weighted by atomic mass is 10.0. The van der Waals surface area contributed by atoms with Crippen molar-refractivity contribution in [3.63, 3.8) is 0 Å². The van der Waals surface area contributed by atoms with Crippen LogP contribution in [0.5, 0.6) is 5.75 Å². The molecule has 4 heteroatoms. The average molecular weight is 303 g/mol. The zero-order valence-corrected chi connectivity index (χ0v) is 13.4. The van der Waals surface area contributed by atoms with Gasteiger partial charge in [0.25, 0.3) is 0 Å². The summed E-state index contributed by atoms with van der Waals surface area (Å²) in [6.07, 6.45) is 0. The van der Waals surface area contributed by atoms with Crippen molar-refractivity contribution in [2.24, 2.45) is 0 Å². The van der Waals surface area contributed by atoms with Crippen molar-refractivity contribution in [1.29, 1.82) is 0 Å². The monoisotopic (exact) mass is 303 g/mol. The highest BCUT2D eigenvalue weighted by Gasteiger charge is 2.18. The van der Waals surface area contributed by atoms with E-state index in [1.54, 1.807) is 7.11 Å². The predicted octanol–water partition coefficient (Wildman–Crippen LogP) is 3.07. The van der Waals surface area contributed by atoms with Crippen LogP contribution in [0.2, 0.25) is 0 Å². The summed E-state index contributed by atoms with van der Waals surface area (Å²) in [5, 5.41) is 3.25. The molecule has 2 aromatic rings. The number of aryl methyl sites for hydroxylation is 1. The van der Waals surface area contributed by atoms with Crippen LogP contribution in [-0.2, 0) is 10.8 Å². The Bertz CT molecular complexity index is 613. The average Bonchev–Trinajstić information content (AvgIpc) is 2.53. The summed E-state index contributed by atoms with van der Waals surface area (Å²) in [5.41, 5.74) is 2.21. The van der Waals surface area contributed by atoms with Crippen molar-refractivity contribution < 1.29 is 8.95 Å². The third-order valence-corrected chi connectivity index (χ3v) is 4.87. The molecule has 0 aliphatic heterocycles. The van der Waals surface area contributed by atoms with Gasteiger partial charge >= 0.3 is 0 Å². The summed E-state index contributed by atoms with van der Waals surface area (Å²) in [5.74, 6) is 1.34. The molecule has 0 amide bonds. The van der Waals surface area contributed by atoms with E-state index in [2.05, 4.69) is 11.4 Å². The highest BCUT2D eigenvalue weighted by molar-refractivity contribution is 7.85. The molecule has 1 N–H and O–H groups in total. The van der Waals surface area contributed by atoms with Crippen molar-refractivity contribution in [2.75, 3.05) is 19.9 Å². The third-order valence-electron chi connectivity index (χ3n) is 3.43. The van der Waals surface area contributed by atoms with Gasteiger partial charge in [-0.1, -0.05) is 35.9 Å². The van der Waals surface area contributed by atoms with E-state index >= 15 is 0 Å². The molecule has 2 atom stereocenters. The standard InChI is InChI=1S/C17H21NO2S/c1-13-9-10-17(20-3)15(11-13)16(18-2)12-21(19)14-7-5-4-6-8-14/h4-11,16,18H,12H2,1-3H3. The maximum atomic E-state index is 12.5. The smallest absolute Gasteiger partial charge is 0.123 e. The van der Waals surface area contributed by atoms with Gasteiger partial charge in [0.15, 0.2) is 0 Å². The lowest BCUT2D eigenvalue weighted by Crippen LogP contribution is -2.23. The van der Waals surface area contributed by atoms with E-state index in [0.717, 1.165) is 21.8 Å². The van der Waals surface area contributed by atoms with Gasteiger partial charge in [0, 0.05) is 22.3 Å². The van der Waals surface area contributed by atoms with E-state index in [1.807, 2.05) is 56.4 Å². The first-order chi connectivity index (χ1) is 10.2. The van der Waals surface area contributed by atoms with Gasteiger partial charge in [-0.3, -0.25) is 4.21 Å². The summed E-state index contributed by atoms with van der Waals surface area (Å²) in [6, 6.07) is 15.6. The van der Waals surface area contributed by atoms with Gasteiger partial charge in [-0.05, 0) is 32.2 Å². The number of hydrogen-bond donors (Lipinski definition) is 1. The highest BCUT2D eigenvalue weighted by atomic mass is 32.2. The van der Waals surface area contributed by atoms with Gasteiger partial charge in [-0.2, -0.15) is 0 Å². The largest absolute Gasteiger partial charge is 0.496 e. The van der Waals surface area contributed by atoms with E-state index < -0.39 is 10.8 Å². The molecule has 0 saturated carbocycles. The molecule has 0 aromatic heterocycles. The Labute approximate surface area is 128 Å². The van der Waals surface area contributed by atoms with Crippen molar-refractivity contribution >= 4 is 10.8 Å². The number of benzene rings is 2. The Hall–Kier alpha value is -1.65. The van der Waals surface area contributed by atoms with E-state index in [4.69, 9.17) is 4.74 Å². The zero-order valence-electron chi connectivity index (χ0n) is 12.6. The molecule has 112 valence electrons. The minimum atomic E-state index is -1.05. The van der Waals surface area contributed by atoms with Crippen molar-refractivity contribution in [3.05, 3.63) is 59.7 Å². The zero-order chi connectivity index (χ0) is 15.2. The molecule has 0 fully saturated rings. The third kappa shape index (κ3) is 3.93. The molecular formula is C17H21NO2S. The van der Waals surface area contributed by atoms with Gasteiger partial charge in [0.1, 0.15) is 5.75 Å². The summed E-state index contributed by atoms with van der Waals surface area (Å²) in [4.78, 5) is 0.851. The molecule has 0 radical (unpaired) electrons. The van der Waals surface area contributed by atoms with Crippen molar-refractivity contribution in [2.45, 2.75) is 17.9 Å². The molecule has 3 nitrogen and oxygen atoms in total. The second kappa shape index (κ2) is 7.38. The first kappa shape index (κ1) is 15.7. The minimum absolute atomic E-state index is 0.0131. The maximum Gasteiger partial charge on any atom is 0.123 e. The van der Waals surface area contributed by atoms with Gasteiger partial charge in [-0.15, -0.1) is 0 Å². The van der Waals surface area contributed by atoms with Crippen LogP contribution < -0.4 is 10.1 Å². The number of methoxy groups -OCH3 is 1. The molecule has 2 aromatic carbocycles. The van der Waals surface area contributed by atoms with Crippen LogP contribution in [0.3, 0.4) is 0 Å². The lowest BCUT2D eigenvalue weighted by molar-refractivity contribution is 0.404. The lowest BCUT2D eigenvalue weighted by Gasteiger charge is -2.19. The van der Waals surface area contributed by atoms with Crippen LogP contribution in [0, 0.1) is 6.92 Å². The molecule has 0 saturated heterocycles. The van der Waals surface area contributed by atoms with Crippen molar-refractivity contribution in [1.82, 2.24) is 5.32 Å². The summed E-state index contributed by atoms with van der Waals surface area (Å²) in [6.45, 7) is 2.05. The van der Waals surface area contributed by atoms with Crippen LogP contribution in [0.4, 0.5) is 0 Å². The van der Waals surface area contributed by atoms with Gasteiger partial charge in [0.05, 0.1) is 17.9 Å². The fraction of sp³-hybridized carbons (Fsp3) is 0.294. The van der Waals surface area contributed by atoms with Crippen LogP contribution in [0.1, 0.15) is 17.2 Å². The summed E-state index contributed by atoms with van der Waals surface area (Å²) < 4.78 is 17.9. The first-order valence-electron chi connectivity index (χ1n) is 6.91. The van der Waals surface area contributed by atoms with Crippen LogP contribution >= 0.6 is 0 Å². The van der Waals surface area contributed by atoms with Crippen LogP contribution in [0.15, 0.2) is 53.4 Å². The van der Waals surface area contributed by atoms with Crippen molar-refractivity contribution in [3.8, 4) is 5.75 Å². The number of nitrogens with one attached hydrogen (secondary N) is 1. The molecule has 0 aliphatic rings. The predicted molar refractivity (Wildman–Crippen MR) is 87.2 cm³/mol. The molecule has 21 heavy (non-hydrogen) atoms. The van der Waals surface area contributed by atoms with E-state index in [1.165, 1.54) is 0 Å². The molecular weight excluding hydrogens is 282 g/mol. The molecule has 0 aliphatic carbocycles. The molecule has 2 unspecified atom stereocenters. The van der Waals surface area contributed by atoms with E-state index in [9.17, 15) is 4.21 Å². The molecule has 0 spiro atoms. The van der Waals surface area contributed by atoms with Gasteiger partial charge < -0.3 is 10.1 Å². The molecule has 0 heterocycles. The minimum Gasteiger partial charge on any atom is -0.496 e.